The molecule has 1 aromatic rings. The Morgan fingerprint density at radius 1 is 0.950 bits per heavy atom. The summed E-state index contributed by atoms with van der Waals surface area (Å²) in [6, 6.07) is 12.0. The van der Waals surface area contributed by atoms with Gasteiger partial charge in [0.2, 0.25) is 5.91 Å². The number of nitrogens with one attached hydrogen (secondary N) is 1. The highest BCUT2D eigenvalue weighted by Crippen LogP contribution is 1.79. The molecule has 0 heterocycles. The summed E-state index contributed by atoms with van der Waals surface area (Å²) < 4.78 is 4.54. The van der Waals surface area contributed by atoms with Gasteiger partial charge >= 0.3 is 5.97 Å². The molecule has 4 heteroatoms. The molecule has 0 aliphatic heterocycles. The summed E-state index contributed by atoms with van der Waals surface area (Å²) in [6.45, 7) is 7.37. The Balaban J connectivity index is -0.000000245. The van der Waals surface area contributed by atoms with E-state index in [9.17, 15) is 9.59 Å². The van der Waals surface area contributed by atoms with Crippen LogP contribution in [-0.2, 0) is 14.3 Å². The molecule has 0 fully saturated rings. The molecule has 0 atom stereocenters. The molecule has 0 aliphatic carbocycles. The maximum atomic E-state index is 10.2. The van der Waals surface area contributed by atoms with E-state index < -0.39 is 0 Å². The first-order chi connectivity index (χ1) is 9.63. The number of hydrogen-bond donors (Lipinski definition) is 1. The number of ether oxygens (including phenoxy) is 1. The summed E-state index contributed by atoms with van der Waals surface area (Å²) in [5.41, 5.74) is 0. The minimum Gasteiger partial charge on any atom is -0.464 e. The van der Waals surface area contributed by atoms with Crippen LogP contribution in [0.1, 0.15) is 27.7 Å². The zero-order valence-corrected chi connectivity index (χ0v) is 12.8. The number of benzene rings is 1. The summed E-state index contributed by atoms with van der Waals surface area (Å²) in [6.07, 6.45) is 8.00. The predicted molar refractivity (Wildman–Crippen MR) is 83.0 cm³/mol. The van der Waals surface area contributed by atoms with Crippen LogP contribution in [0.25, 0.3) is 0 Å². The van der Waals surface area contributed by atoms with E-state index in [-0.39, 0.29) is 18.5 Å². The molecule has 112 valence electrons. The van der Waals surface area contributed by atoms with Gasteiger partial charge in [0.1, 0.15) is 6.61 Å². The van der Waals surface area contributed by atoms with Crippen LogP contribution in [0.5, 0.6) is 0 Å². The van der Waals surface area contributed by atoms with E-state index in [1.807, 2.05) is 50.2 Å². The molecule has 4 nitrogen and oxygen atoms in total. The van der Waals surface area contributed by atoms with Crippen molar-refractivity contribution in [3.63, 3.8) is 0 Å². The largest absolute Gasteiger partial charge is 0.464 e. The highest BCUT2D eigenvalue weighted by atomic mass is 16.5. The monoisotopic (exact) mass is 279 g/mol. The molecule has 0 unspecified atom stereocenters. The van der Waals surface area contributed by atoms with Gasteiger partial charge in [-0.2, -0.15) is 0 Å². The van der Waals surface area contributed by atoms with Gasteiger partial charge in [0.25, 0.3) is 0 Å². The molecule has 1 rings (SSSR count). The fourth-order valence-corrected chi connectivity index (χ4v) is 0.807. The second-order valence-corrected chi connectivity index (χ2v) is 2.98. The maximum absolute atomic E-state index is 10.2. The van der Waals surface area contributed by atoms with Gasteiger partial charge in [0, 0.05) is 13.8 Å². The van der Waals surface area contributed by atoms with Crippen LogP contribution in [0, 0.1) is 12.8 Å². The van der Waals surface area contributed by atoms with E-state index in [2.05, 4.69) is 22.9 Å². The summed E-state index contributed by atoms with van der Waals surface area (Å²) in [5, 5.41) is 2.48. The van der Waals surface area contributed by atoms with Crippen molar-refractivity contribution >= 4 is 11.9 Å². The first-order valence-electron chi connectivity index (χ1n) is 6.34. The molecule has 0 spiro atoms. The van der Waals surface area contributed by atoms with Crippen molar-refractivity contribution in [3.05, 3.63) is 36.4 Å². The lowest BCUT2D eigenvalue weighted by atomic mass is 10.4. The molecule has 0 aromatic heterocycles. The van der Waals surface area contributed by atoms with E-state index in [0.29, 0.717) is 6.54 Å². The van der Waals surface area contributed by atoms with Gasteiger partial charge in [0.15, 0.2) is 0 Å². The Morgan fingerprint density at radius 2 is 1.30 bits per heavy atom. The van der Waals surface area contributed by atoms with Gasteiger partial charge in [-0.05, 0) is 0 Å². The molecular weight excluding hydrogens is 254 g/mol. The first-order valence-corrected chi connectivity index (χ1v) is 6.34. The van der Waals surface area contributed by atoms with Gasteiger partial charge in [-0.25, -0.2) is 0 Å². The van der Waals surface area contributed by atoms with Crippen molar-refractivity contribution in [2.75, 3.05) is 13.2 Å². The Morgan fingerprint density at radius 3 is 1.55 bits per heavy atom. The zero-order valence-electron chi connectivity index (χ0n) is 12.8. The summed E-state index contributed by atoms with van der Waals surface area (Å²) in [5.74, 6) is -0.447. The fourth-order valence-electron chi connectivity index (χ4n) is 0.807. The van der Waals surface area contributed by atoms with Gasteiger partial charge in [-0.15, -0.1) is 12.8 Å². The van der Waals surface area contributed by atoms with Crippen molar-refractivity contribution in [1.82, 2.24) is 5.32 Å². The Bertz CT molecular complexity index is 291. The van der Waals surface area contributed by atoms with Gasteiger partial charge in [-0.1, -0.05) is 50.2 Å². The Kier molecular flexibility index (Phi) is 25.1. The summed E-state index contributed by atoms with van der Waals surface area (Å²) in [7, 11) is 0. The highest BCUT2D eigenvalue weighted by molar-refractivity contribution is 5.72. The third-order valence-corrected chi connectivity index (χ3v) is 1.45. The molecule has 0 aliphatic rings. The molecule has 1 N–H and O–H groups in total. The molecule has 0 radical (unpaired) electrons. The molecule has 0 bridgehead atoms. The molecule has 1 aromatic carbocycles. The average Bonchev–Trinajstić information content (AvgIpc) is 2.50. The third-order valence-electron chi connectivity index (χ3n) is 1.45. The molecule has 0 saturated heterocycles. The minimum absolute atomic E-state index is 0.118. The normalized spacial score (nSPS) is 7.10. The van der Waals surface area contributed by atoms with Crippen molar-refractivity contribution in [2.24, 2.45) is 0 Å². The van der Waals surface area contributed by atoms with E-state index in [1.165, 1.54) is 13.8 Å². The lowest BCUT2D eigenvalue weighted by Crippen LogP contribution is -2.24. The standard InChI is InChI=1S/C6H11NO3.C6H6.C2H6.C2H2/c1-5(8)7-3-4-10-6(2)9;1-2-4-6-5-3-1;2*1-2/h3-4H2,1-2H3,(H,7,8);1-6H;1-2H3;1-2H. The Hall–Kier alpha value is -2.28. The lowest BCUT2D eigenvalue weighted by molar-refractivity contribution is -0.141. The van der Waals surface area contributed by atoms with Gasteiger partial charge in [0.05, 0.1) is 6.54 Å². The van der Waals surface area contributed by atoms with E-state index in [0.717, 1.165) is 0 Å². The number of amides is 1. The number of carbonyl (C=O) groups excluding carboxylic acids is 2. The smallest absolute Gasteiger partial charge is 0.302 e. The van der Waals surface area contributed by atoms with Crippen LogP contribution in [0.2, 0.25) is 0 Å². The zero-order chi connectivity index (χ0) is 16.2. The topological polar surface area (TPSA) is 55.4 Å². The molecule has 20 heavy (non-hydrogen) atoms. The SMILES string of the molecule is C#C.CC.CC(=O)NCCOC(C)=O.c1ccccc1. The summed E-state index contributed by atoms with van der Waals surface area (Å²) >= 11 is 0. The molecule has 0 saturated carbocycles. The van der Waals surface area contributed by atoms with E-state index in [1.54, 1.807) is 0 Å². The van der Waals surface area contributed by atoms with E-state index >= 15 is 0 Å². The quantitative estimate of drug-likeness (QED) is 0.526. The van der Waals surface area contributed by atoms with Gasteiger partial charge in [-0.3, -0.25) is 9.59 Å². The van der Waals surface area contributed by atoms with Crippen molar-refractivity contribution < 1.29 is 14.3 Å². The predicted octanol–water partition coefficient (Wildman–Crippen LogP) is 2.65. The second kappa shape index (κ2) is 21.9. The maximum Gasteiger partial charge on any atom is 0.302 e. The van der Waals surface area contributed by atoms with Crippen molar-refractivity contribution in [2.45, 2.75) is 27.7 Å². The Labute approximate surface area is 122 Å². The lowest BCUT2D eigenvalue weighted by Gasteiger charge is -2.00. The fraction of sp³-hybridized carbons (Fsp3) is 0.375. The van der Waals surface area contributed by atoms with Crippen LogP contribution in [0.4, 0.5) is 0 Å². The van der Waals surface area contributed by atoms with Crippen molar-refractivity contribution in [3.8, 4) is 12.8 Å². The number of hydrogen-bond acceptors (Lipinski definition) is 3. The van der Waals surface area contributed by atoms with Crippen LogP contribution >= 0.6 is 0 Å². The average molecular weight is 279 g/mol. The minimum atomic E-state index is -0.328. The van der Waals surface area contributed by atoms with Crippen LogP contribution in [-0.4, -0.2) is 25.0 Å². The van der Waals surface area contributed by atoms with Crippen molar-refractivity contribution in [1.29, 1.82) is 0 Å². The van der Waals surface area contributed by atoms with Gasteiger partial charge < -0.3 is 10.1 Å². The molecular formula is C16H25NO3. The number of terminal acetylenes is 1. The number of esters is 1. The van der Waals surface area contributed by atoms with E-state index in [4.69, 9.17) is 0 Å². The van der Waals surface area contributed by atoms with Crippen LogP contribution in [0.15, 0.2) is 36.4 Å². The molecule has 1 amide bonds. The highest BCUT2D eigenvalue weighted by Gasteiger charge is 1.92. The van der Waals surface area contributed by atoms with Crippen LogP contribution < -0.4 is 5.32 Å². The first kappa shape index (κ1) is 22.9. The number of rotatable bonds is 3. The summed E-state index contributed by atoms with van der Waals surface area (Å²) in [4.78, 5) is 20.4. The third kappa shape index (κ3) is 29.6. The van der Waals surface area contributed by atoms with Crippen LogP contribution in [0.3, 0.4) is 0 Å². The second-order valence-electron chi connectivity index (χ2n) is 2.98. The number of carbonyl (C=O) groups is 2.